The molecule has 1 amide bonds. The number of amides is 1. The number of carbonyl (C=O) groups is 2. The van der Waals surface area contributed by atoms with Gasteiger partial charge >= 0.3 is 5.97 Å². The number of thioether (sulfide) groups is 1. The highest BCUT2D eigenvalue weighted by Gasteiger charge is 2.32. The fourth-order valence-electron chi connectivity index (χ4n) is 2.14. The van der Waals surface area contributed by atoms with Crippen molar-refractivity contribution in [2.75, 3.05) is 6.61 Å². The molecule has 1 aliphatic rings. The molecule has 2 N–H and O–H groups in total. The number of rotatable bonds is 9. The summed E-state index contributed by atoms with van der Waals surface area (Å²) in [5, 5.41) is 18.6. The van der Waals surface area contributed by atoms with Gasteiger partial charge < -0.3 is 15.2 Å². The van der Waals surface area contributed by atoms with Crippen molar-refractivity contribution in [1.82, 2.24) is 5.32 Å². The average Bonchev–Trinajstić information content (AvgIpc) is 2.92. The van der Waals surface area contributed by atoms with Gasteiger partial charge in [-0.05, 0) is 24.1 Å². The third-order valence-electron chi connectivity index (χ3n) is 3.49. The monoisotopic (exact) mass is 381 g/mol. The Morgan fingerprint density at radius 1 is 1.50 bits per heavy atom. The molecule has 0 radical (unpaired) electrons. The highest BCUT2D eigenvalue weighted by molar-refractivity contribution is 8.15. The minimum absolute atomic E-state index is 0.236. The van der Waals surface area contributed by atoms with Crippen LogP contribution in [0.25, 0.3) is 0 Å². The first-order valence-electron chi connectivity index (χ1n) is 8.16. The van der Waals surface area contributed by atoms with E-state index in [1.165, 1.54) is 18.3 Å². The van der Waals surface area contributed by atoms with Gasteiger partial charge in [-0.25, -0.2) is 4.39 Å². The van der Waals surface area contributed by atoms with Gasteiger partial charge in [0.05, 0.1) is 19.2 Å². The quantitative estimate of drug-likeness (QED) is 0.389. The van der Waals surface area contributed by atoms with Crippen molar-refractivity contribution in [1.29, 1.82) is 0 Å². The van der Waals surface area contributed by atoms with E-state index in [0.29, 0.717) is 17.7 Å². The lowest BCUT2D eigenvalue weighted by Gasteiger charge is -2.07. The summed E-state index contributed by atoms with van der Waals surface area (Å²) in [6, 6.07) is 4.28. The van der Waals surface area contributed by atoms with E-state index >= 15 is 0 Å². The van der Waals surface area contributed by atoms with Gasteiger partial charge in [-0.2, -0.15) is 5.10 Å². The van der Waals surface area contributed by atoms with Gasteiger partial charge in [-0.3, -0.25) is 9.59 Å². The molecule has 1 aliphatic heterocycles. The van der Waals surface area contributed by atoms with Gasteiger partial charge in [-0.1, -0.05) is 31.2 Å². The number of nitrogens with zero attached hydrogens (tertiary/aromatic N) is 2. The van der Waals surface area contributed by atoms with Crippen molar-refractivity contribution >= 4 is 35.0 Å². The van der Waals surface area contributed by atoms with Gasteiger partial charge in [0.15, 0.2) is 5.17 Å². The van der Waals surface area contributed by atoms with Crippen LogP contribution in [-0.4, -0.2) is 40.2 Å². The van der Waals surface area contributed by atoms with E-state index in [4.69, 9.17) is 9.84 Å². The van der Waals surface area contributed by atoms with E-state index in [2.05, 4.69) is 22.4 Å². The molecule has 1 heterocycles. The molecule has 0 bridgehead atoms. The van der Waals surface area contributed by atoms with Crippen LogP contribution in [0.3, 0.4) is 0 Å². The van der Waals surface area contributed by atoms with Gasteiger partial charge in [-0.15, -0.1) is 5.10 Å². The fraction of sp³-hybridized carbons (Fsp3) is 0.412. The second-order valence-electron chi connectivity index (χ2n) is 5.59. The number of halogens is 1. The van der Waals surface area contributed by atoms with E-state index in [0.717, 1.165) is 24.6 Å². The van der Waals surface area contributed by atoms with Gasteiger partial charge in [0.25, 0.3) is 0 Å². The van der Waals surface area contributed by atoms with E-state index < -0.39 is 17.1 Å². The first-order valence-corrected chi connectivity index (χ1v) is 9.04. The minimum atomic E-state index is -1.05. The Balaban J connectivity index is 2.01. The SMILES string of the molecule is CCCCOCc1cc(F)ccc1C=NN=C1NC(=O)C(CC(=O)O)S1. The second-order valence-corrected chi connectivity index (χ2v) is 6.78. The lowest BCUT2D eigenvalue weighted by molar-refractivity contribution is -0.138. The van der Waals surface area contributed by atoms with Crippen LogP contribution < -0.4 is 5.32 Å². The zero-order chi connectivity index (χ0) is 18.9. The molecule has 9 heteroatoms. The fourth-order valence-corrected chi connectivity index (χ4v) is 3.06. The first-order chi connectivity index (χ1) is 12.5. The Hall–Kier alpha value is -2.26. The molecule has 7 nitrogen and oxygen atoms in total. The lowest BCUT2D eigenvalue weighted by atomic mass is 10.1. The number of aliphatic carboxylic acids is 1. The Labute approximate surface area is 154 Å². The van der Waals surface area contributed by atoms with Crippen LogP contribution in [0.1, 0.15) is 37.3 Å². The predicted molar refractivity (Wildman–Crippen MR) is 97.8 cm³/mol. The topological polar surface area (TPSA) is 100 Å². The van der Waals surface area contributed by atoms with Crippen LogP contribution in [0.15, 0.2) is 28.4 Å². The molecule has 1 saturated heterocycles. The normalized spacial score (nSPS) is 18.6. The Bertz CT molecular complexity index is 724. The van der Waals surface area contributed by atoms with E-state index in [1.807, 2.05) is 0 Å². The number of carboxylic acids is 1. The molecular formula is C17H20FN3O4S. The second kappa shape index (κ2) is 10.0. The van der Waals surface area contributed by atoms with Crippen LogP contribution in [0.5, 0.6) is 0 Å². The van der Waals surface area contributed by atoms with E-state index in [9.17, 15) is 14.0 Å². The molecular weight excluding hydrogens is 361 g/mol. The zero-order valence-corrected chi connectivity index (χ0v) is 15.1. The first kappa shape index (κ1) is 20.1. The van der Waals surface area contributed by atoms with Crippen LogP contribution in [0, 0.1) is 5.82 Å². The van der Waals surface area contributed by atoms with Crippen molar-refractivity contribution in [3.05, 3.63) is 35.1 Å². The molecule has 1 aromatic rings. The summed E-state index contributed by atoms with van der Waals surface area (Å²) in [5.41, 5.74) is 1.31. The van der Waals surface area contributed by atoms with Crippen molar-refractivity contribution < 1.29 is 23.8 Å². The van der Waals surface area contributed by atoms with E-state index in [-0.39, 0.29) is 24.0 Å². The Morgan fingerprint density at radius 3 is 3.04 bits per heavy atom. The predicted octanol–water partition coefficient (Wildman–Crippen LogP) is 2.54. The van der Waals surface area contributed by atoms with Crippen molar-refractivity contribution in [2.24, 2.45) is 10.2 Å². The van der Waals surface area contributed by atoms with Gasteiger partial charge in [0, 0.05) is 12.2 Å². The summed E-state index contributed by atoms with van der Waals surface area (Å²) < 4.78 is 19.0. The summed E-state index contributed by atoms with van der Waals surface area (Å²) in [6.45, 7) is 2.92. The third-order valence-corrected chi connectivity index (χ3v) is 4.56. The van der Waals surface area contributed by atoms with Gasteiger partial charge in [0.1, 0.15) is 11.1 Å². The number of unbranched alkanes of at least 4 members (excludes halogenated alkanes) is 1. The zero-order valence-electron chi connectivity index (χ0n) is 14.3. The number of amidine groups is 1. The van der Waals surface area contributed by atoms with Crippen LogP contribution in [0.4, 0.5) is 4.39 Å². The number of hydrogen-bond donors (Lipinski definition) is 2. The van der Waals surface area contributed by atoms with Crippen LogP contribution >= 0.6 is 11.8 Å². The molecule has 1 unspecified atom stereocenters. The number of nitrogens with one attached hydrogen (secondary N) is 1. The summed E-state index contributed by atoms with van der Waals surface area (Å²) in [5.74, 6) is -1.82. The molecule has 0 saturated carbocycles. The largest absolute Gasteiger partial charge is 0.481 e. The smallest absolute Gasteiger partial charge is 0.305 e. The van der Waals surface area contributed by atoms with Crippen LogP contribution in [0.2, 0.25) is 0 Å². The van der Waals surface area contributed by atoms with Crippen molar-refractivity contribution in [2.45, 2.75) is 38.0 Å². The highest BCUT2D eigenvalue weighted by atomic mass is 32.2. The maximum absolute atomic E-state index is 13.5. The van der Waals surface area contributed by atoms with Crippen LogP contribution in [-0.2, 0) is 20.9 Å². The molecule has 0 aromatic heterocycles. The summed E-state index contributed by atoms with van der Waals surface area (Å²) in [7, 11) is 0. The summed E-state index contributed by atoms with van der Waals surface area (Å²) in [6.07, 6.45) is 3.11. The molecule has 140 valence electrons. The third kappa shape index (κ3) is 6.23. The molecule has 0 spiro atoms. The summed E-state index contributed by atoms with van der Waals surface area (Å²) in [4.78, 5) is 22.3. The molecule has 1 aromatic carbocycles. The number of carbonyl (C=O) groups excluding carboxylic acids is 1. The molecule has 1 fully saturated rings. The van der Waals surface area contributed by atoms with E-state index in [1.54, 1.807) is 6.07 Å². The van der Waals surface area contributed by atoms with Crippen molar-refractivity contribution in [3.8, 4) is 0 Å². The van der Waals surface area contributed by atoms with Gasteiger partial charge in [0.2, 0.25) is 5.91 Å². The minimum Gasteiger partial charge on any atom is -0.481 e. The maximum atomic E-state index is 13.5. The molecule has 1 atom stereocenters. The molecule has 0 aliphatic carbocycles. The van der Waals surface area contributed by atoms with Crippen molar-refractivity contribution in [3.63, 3.8) is 0 Å². The number of benzene rings is 1. The number of hydrogen-bond acceptors (Lipinski definition) is 6. The Morgan fingerprint density at radius 2 is 2.31 bits per heavy atom. The number of ether oxygens (including phenoxy) is 1. The highest BCUT2D eigenvalue weighted by Crippen LogP contribution is 2.22. The number of carboxylic acid groups (broad SMARTS) is 1. The maximum Gasteiger partial charge on any atom is 0.305 e. The Kier molecular flexibility index (Phi) is 7.73. The molecule has 26 heavy (non-hydrogen) atoms. The molecule has 2 rings (SSSR count). The lowest BCUT2D eigenvalue weighted by Crippen LogP contribution is -2.26. The summed E-state index contributed by atoms with van der Waals surface area (Å²) >= 11 is 1.02. The average molecular weight is 381 g/mol. The standard InChI is InChI=1S/C17H20FN3O4S/c1-2-3-6-25-10-12-7-13(18)5-4-11(12)9-19-21-17-20-16(24)14(26-17)8-15(22)23/h4-5,7,9,14H,2-3,6,8,10H2,1H3,(H,22,23)(H,20,21,24).